The summed E-state index contributed by atoms with van der Waals surface area (Å²) < 4.78 is 25.1. The van der Waals surface area contributed by atoms with Crippen molar-refractivity contribution in [3.8, 4) is 0 Å². The summed E-state index contributed by atoms with van der Waals surface area (Å²) in [6.07, 6.45) is 3.29. The predicted molar refractivity (Wildman–Crippen MR) is 95.3 cm³/mol. The van der Waals surface area contributed by atoms with E-state index < -0.39 is 22.6 Å². The van der Waals surface area contributed by atoms with Crippen molar-refractivity contribution in [3.63, 3.8) is 0 Å². The van der Waals surface area contributed by atoms with Crippen LogP contribution in [0.3, 0.4) is 0 Å². The summed E-state index contributed by atoms with van der Waals surface area (Å²) in [5.74, 6) is -1.60. The molecule has 128 valence electrons. The van der Waals surface area contributed by atoms with Gasteiger partial charge in [-0.05, 0) is 70.7 Å². The van der Waals surface area contributed by atoms with Gasteiger partial charge >= 0.3 is 29.6 Å². The Kier molecular flexibility index (Phi) is 6.74. The molecular formula is C20H16FNaO3S. The van der Waals surface area contributed by atoms with Gasteiger partial charge in [-0.15, -0.1) is 0 Å². The molecule has 2 aromatic rings. The van der Waals surface area contributed by atoms with Crippen LogP contribution in [0.2, 0.25) is 0 Å². The average molecular weight is 378 g/mol. The Bertz CT molecular complexity index is 946. The summed E-state index contributed by atoms with van der Waals surface area (Å²) in [4.78, 5) is 11.8. The van der Waals surface area contributed by atoms with Gasteiger partial charge < -0.3 is 9.90 Å². The van der Waals surface area contributed by atoms with Crippen LogP contribution in [0, 0.1) is 5.82 Å². The van der Waals surface area contributed by atoms with E-state index in [1.54, 1.807) is 24.5 Å². The zero-order valence-corrected chi connectivity index (χ0v) is 17.7. The summed E-state index contributed by atoms with van der Waals surface area (Å²) in [5.41, 5.74) is 4.53. The van der Waals surface area contributed by atoms with E-state index in [1.807, 2.05) is 25.1 Å². The number of carboxylic acid groups (broad SMARTS) is 1. The molecule has 0 fully saturated rings. The van der Waals surface area contributed by atoms with Crippen molar-refractivity contribution >= 4 is 34.0 Å². The third-order valence-electron chi connectivity index (χ3n) is 4.30. The molecule has 1 atom stereocenters. The molecule has 0 saturated heterocycles. The topological polar surface area (TPSA) is 57.2 Å². The molecule has 3 rings (SSSR count). The van der Waals surface area contributed by atoms with Crippen molar-refractivity contribution in [1.29, 1.82) is 0 Å². The average Bonchev–Trinajstić information content (AvgIpc) is 2.80. The van der Waals surface area contributed by atoms with E-state index in [1.165, 1.54) is 12.1 Å². The maximum atomic E-state index is 13.6. The van der Waals surface area contributed by atoms with Crippen LogP contribution in [0.5, 0.6) is 0 Å². The van der Waals surface area contributed by atoms with Gasteiger partial charge in [0, 0.05) is 34.3 Å². The Balaban J connectivity index is 0.00000243. The fourth-order valence-electron chi connectivity index (χ4n) is 3.05. The number of allylic oxidation sites excluding steroid dienone is 2. The van der Waals surface area contributed by atoms with Crippen LogP contribution in [0.1, 0.15) is 30.0 Å². The van der Waals surface area contributed by atoms with Crippen LogP contribution in [0.25, 0.3) is 17.2 Å². The van der Waals surface area contributed by atoms with Crippen molar-refractivity contribution in [2.45, 2.75) is 18.2 Å². The first-order valence-electron chi connectivity index (χ1n) is 7.72. The van der Waals surface area contributed by atoms with E-state index in [9.17, 15) is 18.5 Å². The van der Waals surface area contributed by atoms with Crippen LogP contribution in [0.4, 0.5) is 4.39 Å². The molecule has 0 saturated carbocycles. The van der Waals surface area contributed by atoms with Gasteiger partial charge in [-0.25, -0.2) is 4.39 Å². The van der Waals surface area contributed by atoms with Gasteiger partial charge in [0.1, 0.15) is 5.82 Å². The van der Waals surface area contributed by atoms with Crippen LogP contribution >= 0.6 is 0 Å². The molecule has 0 aliphatic heterocycles. The van der Waals surface area contributed by atoms with Crippen LogP contribution in [-0.2, 0) is 15.6 Å². The van der Waals surface area contributed by atoms with Crippen molar-refractivity contribution in [3.05, 3.63) is 70.5 Å². The van der Waals surface area contributed by atoms with Gasteiger partial charge in [0.25, 0.3) is 0 Å². The molecular weight excluding hydrogens is 362 g/mol. The first kappa shape index (κ1) is 20.8. The third kappa shape index (κ3) is 4.23. The fraction of sp³-hybridized carbons (Fsp3) is 0.150. The number of aliphatic carboxylic acids is 1. The number of fused-ring (bicyclic) bond motifs is 1. The Morgan fingerprint density at radius 1 is 1.15 bits per heavy atom. The van der Waals surface area contributed by atoms with Gasteiger partial charge in [-0.1, -0.05) is 18.2 Å². The van der Waals surface area contributed by atoms with Crippen LogP contribution in [-0.4, -0.2) is 16.4 Å². The predicted octanol–water partition coefficient (Wildman–Crippen LogP) is 0.0348. The largest absolute Gasteiger partial charge is 1.00 e. The molecule has 26 heavy (non-hydrogen) atoms. The van der Waals surface area contributed by atoms with Crippen molar-refractivity contribution in [2.24, 2.45) is 0 Å². The van der Waals surface area contributed by atoms with E-state index in [4.69, 9.17) is 0 Å². The molecule has 0 aromatic heterocycles. The molecule has 1 aliphatic carbocycles. The van der Waals surface area contributed by atoms with Gasteiger partial charge in [0.2, 0.25) is 0 Å². The quantitative estimate of drug-likeness (QED) is 0.706. The Morgan fingerprint density at radius 3 is 2.38 bits per heavy atom. The summed E-state index contributed by atoms with van der Waals surface area (Å²) in [6.45, 7) is 1.83. The van der Waals surface area contributed by atoms with Gasteiger partial charge in [-0.2, -0.15) is 0 Å². The summed E-state index contributed by atoms with van der Waals surface area (Å²) >= 11 is 0. The smallest absolute Gasteiger partial charge is 0.550 e. The second kappa shape index (κ2) is 8.44. The van der Waals surface area contributed by atoms with E-state index >= 15 is 0 Å². The molecule has 0 radical (unpaired) electrons. The van der Waals surface area contributed by atoms with Crippen molar-refractivity contribution in [2.75, 3.05) is 6.26 Å². The molecule has 0 heterocycles. The Morgan fingerprint density at radius 2 is 1.81 bits per heavy atom. The number of rotatable bonds is 4. The number of benzene rings is 2. The number of hydrogen-bond acceptors (Lipinski definition) is 3. The zero-order valence-electron chi connectivity index (χ0n) is 14.8. The summed E-state index contributed by atoms with van der Waals surface area (Å²) in [7, 11) is -1.04. The maximum Gasteiger partial charge on any atom is 1.00 e. The van der Waals surface area contributed by atoms with E-state index in [0.717, 1.165) is 27.2 Å². The van der Waals surface area contributed by atoms with Gasteiger partial charge in [0.15, 0.2) is 0 Å². The third-order valence-corrected chi connectivity index (χ3v) is 5.23. The zero-order chi connectivity index (χ0) is 18.1. The minimum absolute atomic E-state index is 0. The second-order valence-corrected chi connectivity index (χ2v) is 7.30. The van der Waals surface area contributed by atoms with Crippen molar-refractivity contribution in [1.82, 2.24) is 0 Å². The number of hydrogen-bond donors (Lipinski definition) is 0. The molecule has 6 heteroatoms. The Hall–Kier alpha value is -1.53. The number of carbonyl (C=O) groups is 1. The fourth-order valence-corrected chi connectivity index (χ4v) is 3.57. The Labute approximate surface area is 176 Å². The first-order valence-corrected chi connectivity index (χ1v) is 9.28. The van der Waals surface area contributed by atoms with E-state index in [0.29, 0.717) is 11.1 Å². The summed E-state index contributed by atoms with van der Waals surface area (Å²) in [5, 5.41) is 11.1. The monoisotopic (exact) mass is 378 g/mol. The number of carboxylic acids is 1. The summed E-state index contributed by atoms with van der Waals surface area (Å²) in [6, 6.07) is 11.7. The molecule has 0 bridgehead atoms. The van der Waals surface area contributed by atoms with Crippen LogP contribution in [0.15, 0.2) is 52.9 Å². The SMILES string of the molecule is CC1=C(CC(=O)[O-])c2cc(F)ccc2/C1=C/c1ccc(S(C)=O)cc1.[Na+]. The second-order valence-electron chi connectivity index (χ2n) is 5.92. The molecule has 3 nitrogen and oxygen atoms in total. The molecule has 0 spiro atoms. The molecule has 0 N–H and O–H groups in total. The molecule has 1 unspecified atom stereocenters. The number of halogens is 1. The van der Waals surface area contributed by atoms with Crippen molar-refractivity contribution < 1.29 is 48.1 Å². The van der Waals surface area contributed by atoms with Gasteiger partial charge in [-0.3, -0.25) is 4.21 Å². The number of carbonyl (C=O) groups excluding carboxylic acids is 1. The molecule has 0 amide bonds. The molecule has 1 aliphatic rings. The minimum atomic E-state index is -1.19. The molecule has 2 aromatic carbocycles. The normalized spacial score (nSPS) is 15.6. The first-order chi connectivity index (χ1) is 11.9. The van der Waals surface area contributed by atoms with Crippen LogP contribution < -0.4 is 34.7 Å². The standard InChI is InChI=1S/C20H17FO3S.Na/c1-12-17(9-13-3-6-15(7-4-13)25(2)24)16-8-5-14(21)10-19(16)18(12)11-20(22)23;/h3-10H,11H2,1-2H3,(H,22,23);/q;+1/p-1/b17-9+;. The maximum absolute atomic E-state index is 13.6. The minimum Gasteiger partial charge on any atom is -0.550 e. The van der Waals surface area contributed by atoms with E-state index in [2.05, 4.69) is 0 Å². The van der Waals surface area contributed by atoms with Gasteiger partial charge in [0.05, 0.1) is 0 Å². The van der Waals surface area contributed by atoms with E-state index in [-0.39, 0.29) is 36.0 Å².